The van der Waals surface area contributed by atoms with Gasteiger partial charge in [-0.15, -0.1) is 0 Å². The van der Waals surface area contributed by atoms with Crippen LogP contribution < -0.4 is 15.8 Å². The average Bonchev–Trinajstić information content (AvgIpc) is 2.61. The van der Waals surface area contributed by atoms with Gasteiger partial charge in [0.25, 0.3) is 5.56 Å². The molecular formula is C21H23F2N5O. The lowest BCUT2D eigenvalue weighted by atomic mass is 10.0. The molecule has 8 heteroatoms. The smallest absolute Gasteiger partial charge is 0.273 e. The van der Waals surface area contributed by atoms with Crippen molar-refractivity contribution < 1.29 is 8.78 Å². The van der Waals surface area contributed by atoms with Crippen molar-refractivity contribution in [1.29, 1.82) is 0 Å². The molecule has 1 fully saturated rings. The molecule has 4 rings (SSSR count). The number of alkyl halides is 1. The first-order chi connectivity index (χ1) is 13.8. The molecule has 1 aliphatic heterocycles. The molecule has 1 aliphatic rings. The van der Waals surface area contributed by atoms with E-state index in [2.05, 4.69) is 20.3 Å². The summed E-state index contributed by atoms with van der Waals surface area (Å²) >= 11 is 0. The van der Waals surface area contributed by atoms with Crippen molar-refractivity contribution in [3.8, 4) is 0 Å². The lowest BCUT2D eigenvalue weighted by Gasteiger charge is -2.32. The number of H-pyrrole nitrogens is 1. The van der Waals surface area contributed by atoms with Crippen LogP contribution in [-0.2, 0) is 0 Å². The molecule has 6 nitrogen and oxygen atoms in total. The van der Waals surface area contributed by atoms with Crippen molar-refractivity contribution in [1.82, 2.24) is 15.0 Å². The summed E-state index contributed by atoms with van der Waals surface area (Å²) in [5.74, 6) is 0.412. The van der Waals surface area contributed by atoms with Gasteiger partial charge in [-0.05, 0) is 33.3 Å². The van der Waals surface area contributed by atoms with Gasteiger partial charge >= 0.3 is 0 Å². The fourth-order valence-electron chi connectivity index (χ4n) is 3.58. The molecule has 0 saturated carbocycles. The molecule has 0 radical (unpaired) electrons. The molecule has 3 heterocycles. The van der Waals surface area contributed by atoms with Crippen LogP contribution in [0.4, 0.5) is 20.3 Å². The number of fused-ring (bicyclic) bond motifs is 1. The predicted molar refractivity (Wildman–Crippen MR) is 110 cm³/mol. The van der Waals surface area contributed by atoms with Crippen LogP contribution in [0.15, 0.2) is 29.1 Å². The highest BCUT2D eigenvalue weighted by Crippen LogP contribution is 2.30. The number of benzene rings is 1. The molecular weight excluding hydrogens is 376 g/mol. The Morgan fingerprint density at radius 3 is 2.59 bits per heavy atom. The van der Waals surface area contributed by atoms with Crippen molar-refractivity contribution in [2.24, 2.45) is 0 Å². The van der Waals surface area contributed by atoms with Gasteiger partial charge in [0.05, 0.1) is 11.4 Å². The van der Waals surface area contributed by atoms with Crippen LogP contribution in [0.2, 0.25) is 0 Å². The number of nitrogens with zero attached hydrogens (tertiary/aromatic N) is 3. The Balaban J connectivity index is 1.76. The average molecular weight is 399 g/mol. The van der Waals surface area contributed by atoms with Gasteiger partial charge in [-0.1, -0.05) is 18.2 Å². The van der Waals surface area contributed by atoms with E-state index in [4.69, 9.17) is 0 Å². The van der Waals surface area contributed by atoms with Gasteiger partial charge in [-0.3, -0.25) is 4.79 Å². The molecule has 152 valence electrons. The Bertz CT molecular complexity index is 1120. The number of aromatic nitrogens is 3. The predicted octanol–water partition coefficient (Wildman–Crippen LogP) is 4.18. The minimum atomic E-state index is -1.39. The van der Waals surface area contributed by atoms with Crippen LogP contribution >= 0.6 is 0 Å². The summed E-state index contributed by atoms with van der Waals surface area (Å²) in [6.07, 6.45) is -0.347. The summed E-state index contributed by atoms with van der Waals surface area (Å²) < 4.78 is 28.5. The monoisotopic (exact) mass is 399 g/mol. The SMILES string of the molecule is Cc1nc(N[C@H](C)c2cccc(C(C)F)c2F)c2cc(N3CCC3)c(=O)[nH]c2n1. The molecule has 0 amide bonds. The molecule has 3 aromatic rings. The normalized spacial score (nSPS) is 15.8. The van der Waals surface area contributed by atoms with Crippen LogP contribution in [0.3, 0.4) is 0 Å². The van der Waals surface area contributed by atoms with Gasteiger partial charge in [-0.2, -0.15) is 0 Å². The second-order valence-corrected chi connectivity index (χ2v) is 7.44. The lowest BCUT2D eigenvalue weighted by Crippen LogP contribution is -2.40. The van der Waals surface area contributed by atoms with Crippen molar-refractivity contribution in [2.75, 3.05) is 23.3 Å². The highest BCUT2D eigenvalue weighted by molar-refractivity contribution is 5.89. The second kappa shape index (κ2) is 7.42. The fraction of sp³-hybridized carbons (Fsp3) is 0.381. The molecule has 2 N–H and O–H groups in total. The zero-order valence-electron chi connectivity index (χ0n) is 16.6. The summed E-state index contributed by atoms with van der Waals surface area (Å²) in [6, 6.07) is 6.03. The second-order valence-electron chi connectivity index (χ2n) is 7.44. The fourth-order valence-corrected chi connectivity index (χ4v) is 3.58. The van der Waals surface area contributed by atoms with Gasteiger partial charge in [0.2, 0.25) is 0 Å². The summed E-state index contributed by atoms with van der Waals surface area (Å²) in [6.45, 7) is 6.49. The number of halogens is 2. The van der Waals surface area contributed by atoms with Crippen LogP contribution in [0.25, 0.3) is 11.0 Å². The number of aromatic amines is 1. The molecule has 29 heavy (non-hydrogen) atoms. The number of pyridine rings is 1. The third kappa shape index (κ3) is 3.54. The molecule has 0 bridgehead atoms. The zero-order chi connectivity index (χ0) is 20.7. The Morgan fingerprint density at radius 2 is 1.93 bits per heavy atom. The summed E-state index contributed by atoms with van der Waals surface area (Å²) in [4.78, 5) is 26.0. The minimum Gasteiger partial charge on any atom is -0.367 e. The van der Waals surface area contributed by atoms with E-state index in [0.29, 0.717) is 33.9 Å². The van der Waals surface area contributed by atoms with E-state index in [1.54, 1.807) is 32.0 Å². The van der Waals surface area contributed by atoms with E-state index < -0.39 is 18.0 Å². The maximum atomic E-state index is 14.8. The Labute approximate surface area is 167 Å². The first kappa shape index (κ1) is 19.3. The van der Waals surface area contributed by atoms with Gasteiger partial charge in [0, 0.05) is 24.2 Å². The Morgan fingerprint density at radius 1 is 1.21 bits per heavy atom. The van der Waals surface area contributed by atoms with Crippen LogP contribution in [0.5, 0.6) is 0 Å². The molecule has 2 atom stereocenters. The number of rotatable bonds is 5. The highest BCUT2D eigenvalue weighted by Gasteiger charge is 2.21. The summed E-state index contributed by atoms with van der Waals surface area (Å²) in [5, 5.41) is 3.87. The quantitative estimate of drug-likeness (QED) is 0.673. The summed E-state index contributed by atoms with van der Waals surface area (Å²) in [7, 11) is 0. The Hall–Kier alpha value is -3.03. The van der Waals surface area contributed by atoms with E-state index in [-0.39, 0.29) is 11.1 Å². The standard InChI is InChI=1S/C21H23F2N5O/c1-11(22)14-6-4-7-15(18(14)23)12(2)24-19-16-10-17(28-8-5-9-28)21(29)27-20(16)26-13(3)25-19/h4,6-7,10-12H,5,8-9H2,1-3H3,(H2,24,25,26,27,29)/t11?,12-/m1/s1. The third-order valence-corrected chi connectivity index (χ3v) is 5.31. The minimum absolute atomic E-state index is 0.0317. The lowest BCUT2D eigenvalue weighted by molar-refractivity contribution is 0.360. The van der Waals surface area contributed by atoms with Crippen molar-refractivity contribution in [3.63, 3.8) is 0 Å². The highest BCUT2D eigenvalue weighted by atomic mass is 19.1. The van der Waals surface area contributed by atoms with E-state index in [1.807, 2.05) is 4.90 Å². The van der Waals surface area contributed by atoms with Crippen molar-refractivity contribution >= 4 is 22.5 Å². The summed E-state index contributed by atoms with van der Waals surface area (Å²) in [5.41, 5.74) is 1.19. The van der Waals surface area contributed by atoms with Crippen LogP contribution in [0, 0.1) is 12.7 Å². The molecule has 2 aromatic heterocycles. The van der Waals surface area contributed by atoms with Gasteiger partial charge in [0.1, 0.15) is 35.0 Å². The Kier molecular flexibility index (Phi) is 4.94. The van der Waals surface area contributed by atoms with Crippen LogP contribution in [-0.4, -0.2) is 28.0 Å². The largest absolute Gasteiger partial charge is 0.367 e. The maximum Gasteiger partial charge on any atom is 0.273 e. The molecule has 0 spiro atoms. The van der Waals surface area contributed by atoms with E-state index in [1.165, 1.54) is 13.0 Å². The van der Waals surface area contributed by atoms with Gasteiger partial charge in [-0.25, -0.2) is 18.7 Å². The van der Waals surface area contributed by atoms with Gasteiger partial charge < -0.3 is 15.2 Å². The molecule has 1 aromatic carbocycles. The van der Waals surface area contributed by atoms with E-state index >= 15 is 0 Å². The van der Waals surface area contributed by atoms with E-state index in [9.17, 15) is 13.6 Å². The van der Waals surface area contributed by atoms with Crippen molar-refractivity contribution in [3.05, 3.63) is 57.4 Å². The zero-order valence-corrected chi connectivity index (χ0v) is 16.6. The number of hydrogen-bond acceptors (Lipinski definition) is 5. The maximum absolute atomic E-state index is 14.8. The van der Waals surface area contributed by atoms with Gasteiger partial charge in [0.15, 0.2) is 0 Å². The molecule has 1 unspecified atom stereocenters. The van der Waals surface area contributed by atoms with Crippen LogP contribution in [0.1, 0.15) is 49.4 Å². The molecule has 0 aliphatic carbocycles. The third-order valence-electron chi connectivity index (χ3n) is 5.31. The number of anilines is 2. The number of hydrogen-bond donors (Lipinski definition) is 2. The first-order valence-electron chi connectivity index (χ1n) is 9.70. The number of aryl methyl sites for hydroxylation is 1. The number of nitrogens with one attached hydrogen (secondary N) is 2. The van der Waals surface area contributed by atoms with Crippen molar-refractivity contribution in [2.45, 2.75) is 39.4 Å². The molecule has 1 saturated heterocycles. The topological polar surface area (TPSA) is 73.9 Å². The first-order valence-corrected chi connectivity index (χ1v) is 9.70. The van der Waals surface area contributed by atoms with E-state index in [0.717, 1.165) is 19.5 Å².